The third-order valence-corrected chi connectivity index (χ3v) is 2.07. The minimum absolute atomic E-state index is 0.439. The highest BCUT2D eigenvalue weighted by atomic mass is 19.4. The van der Waals surface area contributed by atoms with Crippen molar-refractivity contribution in [2.75, 3.05) is 6.61 Å². The predicted octanol–water partition coefficient (Wildman–Crippen LogP) is 2.87. The molecule has 0 saturated carbocycles. The highest BCUT2D eigenvalue weighted by Gasteiger charge is 2.27. The molecule has 0 bridgehead atoms. The Morgan fingerprint density at radius 2 is 1.88 bits per heavy atom. The molecular weight excluding hydrogens is 221 g/mol. The smallest absolute Gasteiger partial charge is 0.353 e. The van der Waals surface area contributed by atoms with Crippen molar-refractivity contribution in [2.24, 2.45) is 0 Å². The van der Waals surface area contributed by atoms with Crippen LogP contribution in [0.5, 0.6) is 0 Å². The number of rotatable bonds is 2. The molecule has 0 spiro atoms. The van der Waals surface area contributed by atoms with Crippen LogP contribution in [0.4, 0.5) is 13.2 Å². The maximum absolute atomic E-state index is 11.9. The first-order valence-corrected chi connectivity index (χ1v) is 5.19. The van der Waals surface area contributed by atoms with Gasteiger partial charge in [-0.25, -0.2) is 0 Å². The average molecular weight is 236 g/mol. The molecule has 0 aromatic heterocycles. The maximum Gasteiger partial charge on any atom is 0.457 e. The van der Waals surface area contributed by atoms with Gasteiger partial charge in [-0.05, 0) is 33.1 Å². The van der Waals surface area contributed by atoms with Crippen molar-refractivity contribution < 1.29 is 22.6 Å². The summed E-state index contributed by atoms with van der Waals surface area (Å²) in [7, 11) is 0. The summed E-state index contributed by atoms with van der Waals surface area (Å²) in [5.41, 5.74) is -1.14. The summed E-state index contributed by atoms with van der Waals surface area (Å²) < 4.78 is 46.4. The summed E-state index contributed by atoms with van der Waals surface area (Å²) >= 11 is 0. The number of hydrogen-bond acceptors (Lipinski definition) is 2. The lowest BCUT2D eigenvalue weighted by Gasteiger charge is -2.29. The molecule has 0 amide bonds. The van der Waals surface area contributed by atoms with E-state index in [1.807, 2.05) is 0 Å². The van der Waals surface area contributed by atoms with Crippen molar-refractivity contribution in [1.82, 2.24) is 0 Å². The van der Waals surface area contributed by atoms with Gasteiger partial charge in [-0.1, -0.05) is 5.92 Å². The van der Waals surface area contributed by atoms with E-state index in [-0.39, 0.29) is 0 Å². The van der Waals surface area contributed by atoms with Crippen LogP contribution in [-0.4, -0.2) is 24.7 Å². The Labute approximate surface area is 93.1 Å². The van der Waals surface area contributed by atoms with E-state index in [1.54, 1.807) is 0 Å². The van der Waals surface area contributed by atoms with Gasteiger partial charge in [0.05, 0.1) is 0 Å². The van der Waals surface area contributed by atoms with E-state index >= 15 is 0 Å². The van der Waals surface area contributed by atoms with Crippen LogP contribution in [0.25, 0.3) is 0 Å². The van der Waals surface area contributed by atoms with Crippen molar-refractivity contribution >= 4 is 0 Å². The first-order chi connectivity index (χ1) is 7.29. The predicted molar refractivity (Wildman–Crippen MR) is 52.6 cm³/mol. The van der Waals surface area contributed by atoms with E-state index in [0.717, 1.165) is 12.8 Å². The topological polar surface area (TPSA) is 18.5 Å². The number of halogens is 3. The van der Waals surface area contributed by atoms with Crippen LogP contribution in [0.2, 0.25) is 0 Å². The summed E-state index contributed by atoms with van der Waals surface area (Å²) in [6.07, 6.45) is -2.28. The fraction of sp³-hybridized carbons (Fsp3) is 0.818. The Hall–Kier alpha value is -0.730. The molecule has 1 unspecified atom stereocenters. The number of alkyl halides is 3. The molecule has 1 fully saturated rings. The molecule has 1 aliphatic rings. The zero-order chi connectivity index (χ0) is 12.2. The molecule has 0 aromatic rings. The minimum atomic E-state index is -4.48. The normalized spacial score (nSPS) is 22.4. The molecule has 5 heteroatoms. The second-order valence-electron chi connectivity index (χ2n) is 4.17. The molecule has 1 atom stereocenters. The molecule has 1 rings (SSSR count). The Morgan fingerprint density at radius 3 is 2.38 bits per heavy atom. The molecule has 0 radical (unpaired) electrons. The SMILES string of the molecule is CC(C)(C#CC(F)(F)F)OC1CCCCO1. The van der Waals surface area contributed by atoms with Gasteiger partial charge in [0.15, 0.2) is 6.29 Å². The third kappa shape index (κ3) is 5.38. The number of hydrogen-bond donors (Lipinski definition) is 0. The van der Waals surface area contributed by atoms with E-state index < -0.39 is 18.1 Å². The number of ether oxygens (including phenoxy) is 2. The molecule has 1 saturated heterocycles. The standard InChI is InChI=1S/C11H15F3O2/c1-10(2,6-7-11(12,13)14)16-9-5-3-4-8-15-9/h9H,3-5,8H2,1-2H3. The monoisotopic (exact) mass is 236 g/mol. The fourth-order valence-electron chi connectivity index (χ4n) is 1.38. The quantitative estimate of drug-likeness (QED) is 0.686. The van der Waals surface area contributed by atoms with E-state index in [9.17, 15) is 13.2 Å². The van der Waals surface area contributed by atoms with Crippen LogP contribution in [0, 0.1) is 11.8 Å². The Balaban J connectivity index is 2.52. The summed E-state index contributed by atoms with van der Waals surface area (Å²) in [4.78, 5) is 0. The molecule has 0 aliphatic carbocycles. The van der Waals surface area contributed by atoms with Gasteiger partial charge in [0.2, 0.25) is 0 Å². The van der Waals surface area contributed by atoms with Gasteiger partial charge in [-0.3, -0.25) is 0 Å². The van der Waals surface area contributed by atoms with Crippen LogP contribution < -0.4 is 0 Å². The van der Waals surface area contributed by atoms with E-state index in [4.69, 9.17) is 9.47 Å². The maximum atomic E-state index is 11.9. The molecular formula is C11H15F3O2. The minimum Gasteiger partial charge on any atom is -0.353 e. The van der Waals surface area contributed by atoms with Gasteiger partial charge in [0.1, 0.15) is 5.60 Å². The van der Waals surface area contributed by atoms with Crippen LogP contribution in [0.1, 0.15) is 33.1 Å². The lowest BCUT2D eigenvalue weighted by atomic mass is 10.1. The summed E-state index contributed by atoms with van der Waals surface area (Å²) in [5.74, 6) is 3.29. The third-order valence-electron chi connectivity index (χ3n) is 2.07. The van der Waals surface area contributed by atoms with Gasteiger partial charge in [-0.15, -0.1) is 0 Å². The first kappa shape index (κ1) is 13.3. The average Bonchev–Trinajstić information content (AvgIpc) is 2.15. The largest absolute Gasteiger partial charge is 0.457 e. The van der Waals surface area contributed by atoms with Crippen molar-refractivity contribution in [3.8, 4) is 11.8 Å². The molecule has 2 nitrogen and oxygen atoms in total. The Morgan fingerprint density at radius 1 is 1.19 bits per heavy atom. The van der Waals surface area contributed by atoms with Crippen molar-refractivity contribution in [3.05, 3.63) is 0 Å². The molecule has 92 valence electrons. The lowest BCUT2D eigenvalue weighted by molar-refractivity contribution is -0.199. The van der Waals surface area contributed by atoms with Crippen molar-refractivity contribution in [2.45, 2.75) is 51.2 Å². The Kier molecular flexibility index (Phi) is 4.22. The zero-order valence-corrected chi connectivity index (χ0v) is 9.36. The summed E-state index contributed by atoms with van der Waals surface area (Å²) in [6, 6.07) is 0. The molecule has 0 N–H and O–H groups in total. The molecule has 16 heavy (non-hydrogen) atoms. The molecule has 1 aliphatic heterocycles. The summed E-state index contributed by atoms with van der Waals surface area (Å²) in [5, 5.41) is 0. The first-order valence-electron chi connectivity index (χ1n) is 5.19. The fourth-order valence-corrected chi connectivity index (χ4v) is 1.38. The van der Waals surface area contributed by atoms with Crippen molar-refractivity contribution in [3.63, 3.8) is 0 Å². The molecule has 1 heterocycles. The van der Waals surface area contributed by atoms with E-state index in [0.29, 0.717) is 13.0 Å². The van der Waals surface area contributed by atoms with Gasteiger partial charge >= 0.3 is 6.18 Å². The van der Waals surface area contributed by atoms with Gasteiger partial charge in [0.25, 0.3) is 0 Å². The summed E-state index contributed by atoms with van der Waals surface area (Å²) in [6.45, 7) is 3.60. The highest BCUT2D eigenvalue weighted by Crippen LogP contribution is 2.21. The van der Waals surface area contributed by atoms with Crippen LogP contribution in [0.15, 0.2) is 0 Å². The van der Waals surface area contributed by atoms with Crippen molar-refractivity contribution in [1.29, 1.82) is 0 Å². The second kappa shape index (κ2) is 5.07. The zero-order valence-electron chi connectivity index (χ0n) is 9.36. The second-order valence-corrected chi connectivity index (χ2v) is 4.17. The lowest BCUT2D eigenvalue weighted by Crippen LogP contribution is -2.33. The van der Waals surface area contributed by atoms with Gasteiger partial charge in [-0.2, -0.15) is 13.2 Å². The Bertz CT molecular complexity index is 280. The van der Waals surface area contributed by atoms with Gasteiger partial charge in [0, 0.05) is 12.5 Å². The van der Waals surface area contributed by atoms with E-state index in [2.05, 4.69) is 5.92 Å². The molecule has 0 aromatic carbocycles. The highest BCUT2D eigenvalue weighted by molar-refractivity contribution is 5.14. The van der Waals surface area contributed by atoms with E-state index in [1.165, 1.54) is 19.8 Å². The van der Waals surface area contributed by atoms with Crippen LogP contribution >= 0.6 is 0 Å². The van der Waals surface area contributed by atoms with Gasteiger partial charge < -0.3 is 9.47 Å². The van der Waals surface area contributed by atoms with Crippen LogP contribution in [0.3, 0.4) is 0 Å². The van der Waals surface area contributed by atoms with Crippen LogP contribution in [-0.2, 0) is 9.47 Å².